The second-order valence-corrected chi connectivity index (χ2v) is 8.04. The van der Waals surface area contributed by atoms with Crippen molar-refractivity contribution < 1.29 is 9.32 Å². The van der Waals surface area contributed by atoms with Gasteiger partial charge in [0.2, 0.25) is 11.7 Å². The molecule has 5 rings (SSSR count). The molecule has 31 heavy (non-hydrogen) atoms. The number of benzene rings is 1. The fourth-order valence-electron chi connectivity index (χ4n) is 3.79. The van der Waals surface area contributed by atoms with Crippen LogP contribution in [0.3, 0.4) is 0 Å². The first-order valence-corrected chi connectivity index (χ1v) is 10.4. The summed E-state index contributed by atoms with van der Waals surface area (Å²) in [5, 5.41) is 4.10. The van der Waals surface area contributed by atoms with Gasteiger partial charge in [-0.25, -0.2) is 4.98 Å². The van der Waals surface area contributed by atoms with E-state index in [1.807, 2.05) is 65.7 Å². The molecule has 1 fully saturated rings. The van der Waals surface area contributed by atoms with Crippen molar-refractivity contribution in [3.05, 3.63) is 71.5 Å². The van der Waals surface area contributed by atoms with E-state index in [1.165, 1.54) is 5.56 Å². The minimum absolute atomic E-state index is 0.0274. The summed E-state index contributed by atoms with van der Waals surface area (Å²) in [4.78, 5) is 26.0. The SMILES string of the molecule is Cc1ccc(-c2noc(CN3CCN(C(=O)c4cn5ccc(C)cc5n4)CC3)n2)cc1. The quantitative estimate of drug-likeness (QED) is 0.509. The van der Waals surface area contributed by atoms with Gasteiger partial charge in [0.1, 0.15) is 11.3 Å². The predicted molar refractivity (Wildman–Crippen MR) is 116 cm³/mol. The lowest BCUT2D eigenvalue weighted by Crippen LogP contribution is -2.48. The number of carbonyl (C=O) groups excluding carboxylic acids is 1. The van der Waals surface area contributed by atoms with Crippen molar-refractivity contribution in [2.24, 2.45) is 0 Å². The van der Waals surface area contributed by atoms with Crippen molar-refractivity contribution in [1.29, 1.82) is 0 Å². The third-order valence-electron chi connectivity index (χ3n) is 5.63. The Bertz CT molecular complexity index is 1220. The summed E-state index contributed by atoms with van der Waals surface area (Å²) in [5.41, 5.74) is 4.54. The Morgan fingerprint density at radius 1 is 1.00 bits per heavy atom. The number of imidazole rings is 1. The van der Waals surface area contributed by atoms with E-state index in [0.29, 0.717) is 37.0 Å². The lowest BCUT2D eigenvalue weighted by Gasteiger charge is -2.33. The molecule has 8 heteroatoms. The van der Waals surface area contributed by atoms with E-state index < -0.39 is 0 Å². The molecule has 0 unspecified atom stereocenters. The molecule has 0 aliphatic carbocycles. The maximum absolute atomic E-state index is 12.9. The molecule has 1 aromatic carbocycles. The lowest BCUT2D eigenvalue weighted by atomic mass is 10.1. The van der Waals surface area contributed by atoms with Crippen molar-refractivity contribution >= 4 is 11.6 Å². The number of rotatable bonds is 4. The molecule has 8 nitrogen and oxygen atoms in total. The Kier molecular flexibility index (Phi) is 4.99. The number of pyridine rings is 1. The highest BCUT2D eigenvalue weighted by Gasteiger charge is 2.25. The zero-order valence-corrected chi connectivity index (χ0v) is 17.7. The Morgan fingerprint density at radius 3 is 2.55 bits per heavy atom. The Morgan fingerprint density at radius 2 is 1.77 bits per heavy atom. The van der Waals surface area contributed by atoms with Gasteiger partial charge in [0, 0.05) is 44.1 Å². The van der Waals surface area contributed by atoms with Crippen molar-refractivity contribution in [1.82, 2.24) is 29.3 Å². The summed E-state index contributed by atoms with van der Waals surface area (Å²) in [5.74, 6) is 1.16. The van der Waals surface area contributed by atoms with Crippen LogP contribution in [0.25, 0.3) is 17.0 Å². The van der Waals surface area contributed by atoms with Crippen LogP contribution in [0.15, 0.2) is 53.3 Å². The van der Waals surface area contributed by atoms with Crippen molar-refractivity contribution in [2.45, 2.75) is 20.4 Å². The van der Waals surface area contributed by atoms with Gasteiger partial charge in [-0.2, -0.15) is 4.98 Å². The van der Waals surface area contributed by atoms with E-state index in [9.17, 15) is 4.79 Å². The van der Waals surface area contributed by atoms with E-state index in [4.69, 9.17) is 4.52 Å². The molecule has 4 aromatic rings. The largest absolute Gasteiger partial charge is 0.338 e. The van der Waals surface area contributed by atoms with Gasteiger partial charge in [-0.05, 0) is 31.5 Å². The zero-order valence-electron chi connectivity index (χ0n) is 17.7. The molecule has 0 saturated carbocycles. The molecule has 158 valence electrons. The molecule has 1 saturated heterocycles. The summed E-state index contributed by atoms with van der Waals surface area (Å²) < 4.78 is 7.33. The predicted octanol–water partition coefficient (Wildman–Crippen LogP) is 2.96. The number of hydrogen-bond acceptors (Lipinski definition) is 6. The Hall–Kier alpha value is -3.52. The molecule has 0 spiro atoms. The average Bonchev–Trinajstić information content (AvgIpc) is 3.41. The average molecular weight is 416 g/mol. The molecule has 3 aromatic heterocycles. The van der Waals surface area contributed by atoms with Crippen LogP contribution in [0.4, 0.5) is 0 Å². The second-order valence-electron chi connectivity index (χ2n) is 8.04. The van der Waals surface area contributed by atoms with Crippen LogP contribution in [-0.2, 0) is 6.54 Å². The summed E-state index contributed by atoms with van der Waals surface area (Å²) in [6.45, 7) is 7.43. The van der Waals surface area contributed by atoms with E-state index in [-0.39, 0.29) is 5.91 Å². The second kappa shape index (κ2) is 7.96. The zero-order chi connectivity index (χ0) is 21.4. The number of fused-ring (bicyclic) bond motifs is 1. The maximum atomic E-state index is 12.9. The standard InChI is InChI=1S/C23H24N6O2/c1-16-3-5-18(6-4-16)22-25-21(31-26-22)15-27-9-11-28(12-10-27)23(30)19-14-29-8-7-17(2)13-20(29)24-19/h3-8,13-14H,9-12,15H2,1-2H3. The van der Waals surface area contributed by atoms with Gasteiger partial charge in [-0.15, -0.1) is 0 Å². The van der Waals surface area contributed by atoms with Crippen LogP contribution in [0, 0.1) is 13.8 Å². The van der Waals surface area contributed by atoms with Crippen LogP contribution < -0.4 is 0 Å². The highest BCUT2D eigenvalue weighted by molar-refractivity contribution is 5.93. The summed E-state index contributed by atoms with van der Waals surface area (Å²) >= 11 is 0. The topological polar surface area (TPSA) is 79.8 Å². The molecule has 1 aliphatic heterocycles. The summed E-state index contributed by atoms with van der Waals surface area (Å²) in [6.07, 6.45) is 3.73. The fourth-order valence-corrected chi connectivity index (χ4v) is 3.79. The monoisotopic (exact) mass is 416 g/mol. The summed E-state index contributed by atoms with van der Waals surface area (Å²) in [6, 6.07) is 12.0. The summed E-state index contributed by atoms with van der Waals surface area (Å²) in [7, 11) is 0. The third-order valence-corrected chi connectivity index (χ3v) is 5.63. The van der Waals surface area contributed by atoms with Crippen LogP contribution in [0.1, 0.15) is 27.5 Å². The maximum Gasteiger partial charge on any atom is 0.274 e. The molecule has 4 heterocycles. The highest BCUT2D eigenvalue weighted by atomic mass is 16.5. The number of amides is 1. The molecule has 0 bridgehead atoms. The van der Waals surface area contributed by atoms with Gasteiger partial charge >= 0.3 is 0 Å². The smallest absolute Gasteiger partial charge is 0.274 e. The number of carbonyl (C=O) groups is 1. The van der Waals surface area contributed by atoms with Crippen LogP contribution >= 0.6 is 0 Å². The Balaban J connectivity index is 1.19. The molecule has 1 amide bonds. The number of aryl methyl sites for hydroxylation is 2. The lowest BCUT2D eigenvalue weighted by molar-refractivity contribution is 0.0610. The van der Waals surface area contributed by atoms with Crippen molar-refractivity contribution in [2.75, 3.05) is 26.2 Å². The third kappa shape index (κ3) is 4.06. The first kappa shape index (κ1) is 19.4. The number of nitrogens with zero attached hydrogens (tertiary/aromatic N) is 6. The van der Waals surface area contributed by atoms with E-state index >= 15 is 0 Å². The number of piperazine rings is 1. The van der Waals surface area contributed by atoms with Gasteiger partial charge in [-0.1, -0.05) is 35.0 Å². The Labute approximate surface area is 180 Å². The molecule has 0 N–H and O–H groups in total. The number of aromatic nitrogens is 4. The highest BCUT2D eigenvalue weighted by Crippen LogP contribution is 2.18. The van der Waals surface area contributed by atoms with E-state index in [1.54, 1.807) is 6.20 Å². The van der Waals surface area contributed by atoms with Crippen LogP contribution in [0.5, 0.6) is 0 Å². The normalized spacial score (nSPS) is 15.0. The molecule has 0 atom stereocenters. The first-order valence-electron chi connectivity index (χ1n) is 10.4. The van der Waals surface area contributed by atoms with Crippen LogP contribution in [-0.4, -0.2) is 61.4 Å². The van der Waals surface area contributed by atoms with Gasteiger partial charge in [0.25, 0.3) is 5.91 Å². The van der Waals surface area contributed by atoms with Crippen LogP contribution in [0.2, 0.25) is 0 Å². The van der Waals surface area contributed by atoms with Crippen molar-refractivity contribution in [3.63, 3.8) is 0 Å². The van der Waals surface area contributed by atoms with Gasteiger partial charge in [0.05, 0.1) is 6.54 Å². The molecular weight excluding hydrogens is 392 g/mol. The minimum atomic E-state index is -0.0274. The first-order chi connectivity index (χ1) is 15.0. The van der Waals surface area contributed by atoms with Gasteiger partial charge in [0.15, 0.2) is 0 Å². The van der Waals surface area contributed by atoms with E-state index in [2.05, 4.69) is 20.0 Å². The molecule has 0 radical (unpaired) electrons. The van der Waals surface area contributed by atoms with Gasteiger partial charge in [-0.3, -0.25) is 9.69 Å². The fraction of sp³-hybridized carbons (Fsp3) is 0.304. The van der Waals surface area contributed by atoms with Crippen molar-refractivity contribution in [3.8, 4) is 11.4 Å². The van der Waals surface area contributed by atoms with E-state index in [0.717, 1.165) is 29.9 Å². The number of hydrogen-bond donors (Lipinski definition) is 0. The molecule has 1 aliphatic rings. The minimum Gasteiger partial charge on any atom is -0.338 e. The molecular formula is C23H24N6O2. The van der Waals surface area contributed by atoms with Gasteiger partial charge < -0.3 is 13.8 Å².